The zero-order valence-electron chi connectivity index (χ0n) is 8.35. The first-order valence-corrected chi connectivity index (χ1v) is 4.14. The summed E-state index contributed by atoms with van der Waals surface area (Å²) in [7, 11) is 0. The molecule has 0 rings (SSSR count). The zero-order valence-corrected chi connectivity index (χ0v) is 8.35. The summed E-state index contributed by atoms with van der Waals surface area (Å²) in [6.45, 7) is 14.1. The summed E-state index contributed by atoms with van der Waals surface area (Å²) in [5.74, 6) is 0.705. The summed E-state index contributed by atoms with van der Waals surface area (Å²) in [5, 5.41) is 9.27. The molecule has 68 valence electrons. The van der Waals surface area contributed by atoms with Crippen LogP contribution < -0.4 is 0 Å². The van der Waals surface area contributed by atoms with Gasteiger partial charge in [0.1, 0.15) is 0 Å². The minimum Gasteiger partial charge on any atom is -0.390 e. The van der Waals surface area contributed by atoms with Crippen LogP contribution >= 0.6 is 0 Å². The van der Waals surface area contributed by atoms with Crippen LogP contribution in [0.25, 0.3) is 0 Å². The van der Waals surface area contributed by atoms with E-state index in [2.05, 4.69) is 27.0 Å². The fourth-order valence-electron chi connectivity index (χ4n) is 0.642. The molecule has 0 aliphatic rings. The molecule has 1 heteroatoms. The fourth-order valence-corrected chi connectivity index (χ4v) is 0.642. The summed E-state index contributed by atoms with van der Waals surface area (Å²) < 4.78 is 0. The Morgan fingerprint density at radius 2 is 1.64 bits per heavy atom. The first kappa shape index (κ1) is 13.3. The third-order valence-corrected chi connectivity index (χ3v) is 1.33. The SMILES string of the molecule is C=C.CC(C)CCC(C)(C)O. The van der Waals surface area contributed by atoms with Crippen molar-refractivity contribution in [3.63, 3.8) is 0 Å². The standard InChI is InChI=1S/C8H18O.C2H4/c1-7(2)5-6-8(3,4)9;1-2/h7,9H,5-6H2,1-4H3;1-2H2. The highest BCUT2D eigenvalue weighted by atomic mass is 16.3. The lowest BCUT2D eigenvalue weighted by Crippen LogP contribution is -2.18. The van der Waals surface area contributed by atoms with Crippen LogP contribution in [0, 0.1) is 5.92 Å². The lowest BCUT2D eigenvalue weighted by molar-refractivity contribution is 0.0650. The van der Waals surface area contributed by atoms with E-state index < -0.39 is 5.60 Å². The Morgan fingerprint density at radius 1 is 1.27 bits per heavy atom. The highest BCUT2D eigenvalue weighted by Gasteiger charge is 2.11. The summed E-state index contributed by atoms with van der Waals surface area (Å²) >= 11 is 0. The van der Waals surface area contributed by atoms with Crippen LogP contribution in [0.3, 0.4) is 0 Å². The molecule has 0 aromatic carbocycles. The van der Waals surface area contributed by atoms with E-state index in [-0.39, 0.29) is 0 Å². The van der Waals surface area contributed by atoms with Gasteiger partial charge in [-0.15, -0.1) is 13.2 Å². The Kier molecular flexibility index (Phi) is 7.75. The first-order chi connectivity index (χ1) is 4.92. The molecule has 0 atom stereocenters. The van der Waals surface area contributed by atoms with Crippen molar-refractivity contribution in [3.05, 3.63) is 13.2 Å². The molecule has 0 bridgehead atoms. The summed E-state index contributed by atoms with van der Waals surface area (Å²) in [4.78, 5) is 0. The molecule has 0 heterocycles. The van der Waals surface area contributed by atoms with Gasteiger partial charge in [0.05, 0.1) is 5.60 Å². The van der Waals surface area contributed by atoms with E-state index in [9.17, 15) is 5.11 Å². The van der Waals surface area contributed by atoms with Gasteiger partial charge in [-0.3, -0.25) is 0 Å². The molecular formula is C10H22O. The van der Waals surface area contributed by atoms with E-state index in [4.69, 9.17) is 0 Å². The first-order valence-electron chi connectivity index (χ1n) is 4.14. The Hall–Kier alpha value is -0.300. The number of aliphatic hydroxyl groups is 1. The molecule has 1 nitrogen and oxygen atoms in total. The average Bonchev–Trinajstić information content (AvgIpc) is 1.87. The van der Waals surface area contributed by atoms with Crippen LogP contribution in [-0.2, 0) is 0 Å². The molecule has 0 fully saturated rings. The molecule has 0 unspecified atom stereocenters. The monoisotopic (exact) mass is 158 g/mol. The summed E-state index contributed by atoms with van der Waals surface area (Å²) in [6, 6.07) is 0. The van der Waals surface area contributed by atoms with E-state index in [1.165, 1.54) is 0 Å². The maximum Gasteiger partial charge on any atom is 0.0591 e. The van der Waals surface area contributed by atoms with Crippen molar-refractivity contribution in [1.82, 2.24) is 0 Å². The van der Waals surface area contributed by atoms with Crippen LogP contribution in [0.5, 0.6) is 0 Å². The third-order valence-electron chi connectivity index (χ3n) is 1.33. The summed E-state index contributed by atoms with van der Waals surface area (Å²) in [5.41, 5.74) is -0.468. The van der Waals surface area contributed by atoms with Crippen molar-refractivity contribution in [2.45, 2.75) is 46.1 Å². The van der Waals surface area contributed by atoms with E-state index in [1.807, 2.05) is 13.8 Å². The smallest absolute Gasteiger partial charge is 0.0591 e. The molecule has 0 spiro atoms. The topological polar surface area (TPSA) is 20.2 Å². The van der Waals surface area contributed by atoms with Crippen molar-refractivity contribution >= 4 is 0 Å². The van der Waals surface area contributed by atoms with Gasteiger partial charge in [-0.2, -0.15) is 0 Å². The Labute approximate surface area is 71.1 Å². The van der Waals surface area contributed by atoms with E-state index >= 15 is 0 Å². The van der Waals surface area contributed by atoms with Crippen LogP contribution in [0.15, 0.2) is 13.2 Å². The number of hydrogen-bond acceptors (Lipinski definition) is 1. The largest absolute Gasteiger partial charge is 0.390 e. The van der Waals surface area contributed by atoms with Crippen molar-refractivity contribution in [1.29, 1.82) is 0 Å². The van der Waals surface area contributed by atoms with Crippen LogP contribution in [-0.4, -0.2) is 10.7 Å². The van der Waals surface area contributed by atoms with Gasteiger partial charge < -0.3 is 5.11 Å². The second kappa shape index (κ2) is 6.41. The average molecular weight is 158 g/mol. The quantitative estimate of drug-likeness (QED) is 0.626. The highest BCUT2D eigenvalue weighted by molar-refractivity contribution is 4.65. The molecule has 0 aliphatic carbocycles. The molecule has 0 aromatic heterocycles. The lowest BCUT2D eigenvalue weighted by atomic mass is 9.97. The van der Waals surface area contributed by atoms with E-state index in [0.29, 0.717) is 5.92 Å². The van der Waals surface area contributed by atoms with Gasteiger partial charge in [0, 0.05) is 0 Å². The maximum atomic E-state index is 9.27. The van der Waals surface area contributed by atoms with Gasteiger partial charge in [-0.05, 0) is 32.6 Å². The van der Waals surface area contributed by atoms with Crippen molar-refractivity contribution in [2.24, 2.45) is 5.92 Å². The predicted octanol–water partition coefficient (Wildman–Crippen LogP) is 3.00. The Balaban J connectivity index is 0. The number of hydrogen-bond donors (Lipinski definition) is 1. The highest BCUT2D eigenvalue weighted by Crippen LogP contribution is 2.14. The van der Waals surface area contributed by atoms with E-state index in [1.54, 1.807) is 0 Å². The van der Waals surface area contributed by atoms with Gasteiger partial charge in [0.15, 0.2) is 0 Å². The van der Waals surface area contributed by atoms with Crippen LogP contribution in [0.4, 0.5) is 0 Å². The van der Waals surface area contributed by atoms with Crippen LogP contribution in [0.2, 0.25) is 0 Å². The minimum atomic E-state index is -0.468. The molecule has 0 saturated heterocycles. The van der Waals surface area contributed by atoms with Gasteiger partial charge >= 0.3 is 0 Å². The van der Waals surface area contributed by atoms with Crippen molar-refractivity contribution in [2.75, 3.05) is 0 Å². The molecular weight excluding hydrogens is 136 g/mol. The molecule has 11 heavy (non-hydrogen) atoms. The van der Waals surface area contributed by atoms with Crippen molar-refractivity contribution in [3.8, 4) is 0 Å². The van der Waals surface area contributed by atoms with Gasteiger partial charge in [0.25, 0.3) is 0 Å². The van der Waals surface area contributed by atoms with Gasteiger partial charge in [-0.1, -0.05) is 13.8 Å². The molecule has 0 amide bonds. The third kappa shape index (κ3) is 17.7. The second-order valence-corrected chi connectivity index (χ2v) is 3.74. The minimum absolute atomic E-state index is 0.468. The molecule has 0 radical (unpaired) electrons. The molecule has 0 aromatic rings. The van der Waals surface area contributed by atoms with Gasteiger partial charge in [-0.25, -0.2) is 0 Å². The van der Waals surface area contributed by atoms with E-state index in [0.717, 1.165) is 12.8 Å². The maximum absolute atomic E-state index is 9.27. The van der Waals surface area contributed by atoms with Crippen molar-refractivity contribution < 1.29 is 5.11 Å². The molecule has 1 N–H and O–H groups in total. The van der Waals surface area contributed by atoms with Gasteiger partial charge in [0.2, 0.25) is 0 Å². The molecule has 0 saturated carbocycles. The second-order valence-electron chi connectivity index (χ2n) is 3.74. The Bertz CT molecular complexity index is 79.4. The molecule has 0 aliphatic heterocycles. The number of rotatable bonds is 3. The normalized spacial score (nSPS) is 10.7. The van der Waals surface area contributed by atoms with Crippen LogP contribution in [0.1, 0.15) is 40.5 Å². The Morgan fingerprint density at radius 3 is 1.73 bits per heavy atom. The zero-order chi connectivity index (χ0) is 9.49. The fraction of sp³-hybridized carbons (Fsp3) is 0.800. The predicted molar refractivity (Wildman–Crippen MR) is 51.6 cm³/mol. The summed E-state index contributed by atoms with van der Waals surface area (Å²) in [6.07, 6.45) is 2.02. The lowest BCUT2D eigenvalue weighted by Gasteiger charge is -2.17.